The van der Waals surface area contributed by atoms with Crippen molar-refractivity contribution < 1.29 is 62.2 Å². The van der Waals surface area contributed by atoms with Crippen molar-refractivity contribution in [3.63, 3.8) is 0 Å². The molecule has 2 aliphatic rings. The summed E-state index contributed by atoms with van der Waals surface area (Å²) < 4.78 is 42.1. The van der Waals surface area contributed by atoms with E-state index < -0.39 is 84.4 Å². The number of nitrogens with zero attached hydrogens (tertiary/aromatic N) is 1. The number of ketones is 2. The minimum atomic E-state index is -1.67. The zero-order valence-electron chi connectivity index (χ0n) is 36.1. The molecular formula is C50H55NO13. The molecule has 2 fully saturated rings. The van der Waals surface area contributed by atoms with Crippen molar-refractivity contribution >= 4 is 29.5 Å². The van der Waals surface area contributed by atoms with E-state index in [1.807, 2.05) is 66.7 Å². The van der Waals surface area contributed by atoms with Gasteiger partial charge in [0.1, 0.15) is 30.5 Å². The van der Waals surface area contributed by atoms with Crippen LogP contribution in [-0.4, -0.2) is 103 Å². The summed E-state index contributed by atoms with van der Waals surface area (Å²) in [6, 6.07) is 36.2. The second-order valence-electron chi connectivity index (χ2n) is 15.6. The lowest BCUT2D eigenvalue weighted by atomic mass is 9.89. The van der Waals surface area contributed by atoms with Gasteiger partial charge in [-0.2, -0.15) is 0 Å². The molecule has 1 N–H and O–H groups in total. The van der Waals surface area contributed by atoms with Gasteiger partial charge >= 0.3 is 12.1 Å². The summed E-state index contributed by atoms with van der Waals surface area (Å²) in [5, 5.41) is 10.4. The number of allylic oxidation sites excluding steroid dienone is 1. The third kappa shape index (κ3) is 12.6. The Bertz CT molecular complexity index is 2150. The van der Waals surface area contributed by atoms with E-state index in [-0.39, 0.29) is 45.7 Å². The van der Waals surface area contributed by atoms with E-state index in [9.17, 15) is 29.1 Å². The third-order valence-corrected chi connectivity index (χ3v) is 11.1. The second-order valence-corrected chi connectivity index (χ2v) is 15.6. The maximum Gasteiger partial charge on any atom is 0.417 e. The highest BCUT2D eigenvalue weighted by atomic mass is 16.7. The van der Waals surface area contributed by atoms with Crippen LogP contribution in [0.25, 0.3) is 0 Å². The highest BCUT2D eigenvalue weighted by Gasteiger charge is 2.50. The molecule has 6 rings (SSSR count). The average Bonchev–Trinajstić information content (AvgIpc) is 3.62. The van der Waals surface area contributed by atoms with Gasteiger partial charge in [-0.25, -0.2) is 9.69 Å². The van der Waals surface area contributed by atoms with E-state index in [0.29, 0.717) is 11.1 Å². The van der Waals surface area contributed by atoms with Gasteiger partial charge in [0.15, 0.2) is 24.0 Å². The molecule has 2 aliphatic heterocycles. The summed E-state index contributed by atoms with van der Waals surface area (Å²) in [5.41, 5.74) is 3.16. The predicted octanol–water partition coefficient (Wildman–Crippen LogP) is 6.28. The molecule has 4 aromatic carbocycles. The van der Waals surface area contributed by atoms with E-state index in [2.05, 4.69) is 0 Å². The molecule has 0 bridgehead atoms. The molecule has 14 nitrogen and oxygen atoms in total. The number of amides is 2. The molecule has 338 valence electrons. The number of imide groups is 1. The number of aliphatic hydroxyl groups excluding tert-OH is 1. The molecule has 0 aliphatic carbocycles. The second kappa shape index (κ2) is 23.7. The summed E-state index contributed by atoms with van der Waals surface area (Å²) in [5.74, 6) is -4.18. The van der Waals surface area contributed by atoms with E-state index in [0.717, 1.165) is 35.1 Å². The number of aliphatic hydroxyl groups is 1. The molecule has 0 unspecified atom stereocenters. The van der Waals surface area contributed by atoms with Gasteiger partial charge in [-0.05, 0) is 54.2 Å². The van der Waals surface area contributed by atoms with Crippen molar-refractivity contribution in [3.05, 3.63) is 156 Å². The number of carbonyl (C=O) groups excluding carboxylic acids is 5. The van der Waals surface area contributed by atoms with Crippen LogP contribution in [0.3, 0.4) is 0 Å². The van der Waals surface area contributed by atoms with E-state index in [1.54, 1.807) is 61.5 Å². The number of carbonyl (C=O) groups is 5. The highest BCUT2D eigenvalue weighted by Crippen LogP contribution is 2.35. The van der Waals surface area contributed by atoms with E-state index in [1.165, 1.54) is 7.11 Å². The van der Waals surface area contributed by atoms with Crippen molar-refractivity contribution in [3.8, 4) is 0 Å². The van der Waals surface area contributed by atoms with Crippen molar-refractivity contribution in [1.29, 1.82) is 0 Å². The predicted molar refractivity (Wildman–Crippen MR) is 232 cm³/mol. The molecule has 2 saturated heterocycles. The van der Waals surface area contributed by atoms with Gasteiger partial charge in [0, 0.05) is 27.1 Å². The fraction of sp³-hybridized carbons (Fsp3) is 0.380. The molecule has 2 amide bonds. The van der Waals surface area contributed by atoms with Crippen molar-refractivity contribution in [1.82, 2.24) is 4.90 Å². The maximum atomic E-state index is 14.4. The van der Waals surface area contributed by atoms with Crippen LogP contribution in [0.5, 0.6) is 0 Å². The smallest absolute Gasteiger partial charge is 0.417 e. The first-order valence-electron chi connectivity index (χ1n) is 21.3. The number of rotatable bonds is 22. The van der Waals surface area contributed by atoms with Crippen LogP contribution >= 0.6 is 0 Å². The van der Waals surface area contributed by atoms with Crippen LogP contribution < -0.4 is 0 Å². The largest absolute Gasteiger partial charge is 0.453 e. The molecule has 14 heteroatoms. The van der Waals surface area contributed by atoms with Crippen LogP contribution in [0.4, 0.5) is 4.79 Å². The normalized spacial score (nSPS) is 23.0. The fourth-order valence-corrected chi connectivity index (χ4v) is 7.87. The SMILES string of the molecule is CO[C@H]1O[C@H](CO)[C@@H](OCc2ccccc2)[C@H](OCc2ccccc2)[C@@H]1OCCCC(=O)C=CC(=O)[C@H](OC(C)=O)[C@@H](Cc1ccccc1)C(=O)N1C(=O)O[C@@H](c2ccccc2)[C@H]1C. The number of hydrogen-bond donors (Lipinski definition) is 1. The Hall–Kier alpha value is -5.87. The maximum absolute atomic E-state index is 14.4. The van der Waals surface area contributed by atoms with Gasteiger partial charge in [0.25, 0.3) is 0 Å². The quantitative estimate of drug-likeness (QED) is 0.0532. The number of esters is 1. The van der Waals surface area contributed by atoms with E-state index in [4.69, 9.17) is 33.2 Å². The first-order chi connectivity index (χ1) is 31.1. The molecule has 0 radical (unpaired) electrons. The lowest BCUT2D eigenvalue weighted by Crippen LogP contribution is -2.61. The topological polar surface area (TPSA) is 173 Å². The first-order valence-corrected chi connectivity index (χ1v) is 21.3. The van der Waals surface area contributed by atoms with E-state index >= 15 is 0 Å². The first kappa shape index (κ1) is 47.6. The summed E-state index contributed by atoms with van der Waals surface area (Å²) in [7, 11) is 1.46. The van der Waals surface area contributed by atoms with Gasteiger partial charge < -0.3 is 38.3 Å². The Balaban J connectivity index is 1.13. The van der Waals surface area contributed by atoms with Crippen LogP contribution in [-0.2, 0) is 72.0 Å². The standard InChI is InChI=1S/C50H55NO13/c1-33-43(38-23-14-7-15-24-38)64-50(57)51(33)48(56)40(29-35-17-8-4-9-18-35)44(62-34(2)53)41(55)27-26-39(54)25-16-28-59-47-46(61-32-37-21-12-6-13-22-37)45(42(30-52)63-49(47)58-3)60-31-36-19-10-5-11-20-36/h4-15,17-24,26-27,33,40,42-47,49,52H,16,25,28-32H2,1-3H3/t33-,40-,42-,43-,44-,45-,46+,47+,49+/m1/s1. The molecule has 0 aromatic heterocycles. The van der Waals surface area contributed by atoms with Gasteiger partial charge in [-0.3, -0.25) is 19.2 Å². The number of benzene rings is 4. The monoisotopic (exact) mass is 877 g/mol. The van der Waals surface area contributed by atoms with Crippen LogP contribution in [0.15, 0.2) is 133 Å². The number of cyclic esters (lactones) is 1. The van der Waals surface area contributed by atoms with Crippen molar-refractivity contribution in [2.45, 2.75) is 95.3 Å². The molecule has 0 spiro atoms. The summed E-state index contributed by atoms with van der Waals surface area (Å²) in [6.07, 6.45) is -5.21. The zero-order chi connectivity index (χ0) is 45.4. The molecule has 64 heavy (non-hydrogen) atoms. The summed E-state index contributed by atoms with van der Waals surface area (Å²) in [6.45, 7) is 2.91. The lowest BCUT2D eigenvalue weighted by molar-refractivity contribution is -0.319. The van der Waals surface area contributed by atoms with Crippen LogP contribution in [0.1, 0.15) is 55.0 Å². The van der Waals surface area contributed by atoms with Crippen molar-refractivity contribution in [2.24, 2.45) is 5.92 Å². The Morgan fingerprint density at radius 2 is 1.31 bits per heavy atom. The summed E-state index contributed by atoms with van der Waals surface area (Å²) >= 11 is 0. The highest BCUT2D eigenvalue weighted by molar-refractivity contribution is 6.04. The Kier molecular flexibility index (Phi) is 17.6. The Labute approximate surface area is 373 Å². The average molecular weight is 878 g/mol. The molecule has 2 heterocycles. The third-order valence-electron chi connectivity index (χ3n) is 11.1. The number of hydrogen-bond acceptors (Lipinski definition) is 13. The van der Waals surface area contributed by atoms with Gasteiger partial charge in [-0.15, -0.1) is 0 Å². The zero-order valence-corrected chi connectivity index (χ0v) is 36.1. The van der Waals surface area contributed by atoms with Gasteiger partial charge in [0.2, 0.25) is 5.91 Å². The molecular weight excluding hydrogens is 823 g/mol. The Morgan fingerprint density at radius 3 is 1.88 bits per heavy atom. The molecule has 0 saturated carbocycles. The Morgan fingerprint density at radius 1 is 0.750 bits per heavy atom. The summed E-state index contributed by atoms with van der Waals surface area (Å²) in [4.78, 5) is 68.3. The lowest BCUT2D eigenvalue weighted by Gasteiger charge is -2.45. The van der Waals surface area contributed by atoms with Crippen LogP contribution in [0.2, 0.25) is 0 Å². The van der Waals surface area contributed by atoms with Crippen molar-refractivity contribution in [2.75, 3.05) is 20.3 Å². The molecule has 4 aromatic rings. The van der Waals surface area contributed by atoms with Gasteiger partial charge in [-0.1, -0.05) is 121 Å². The minimum absolute atomic E-state index is 0.0413. The number of ether oxygens (including phenoxy) is 7. The van der Waals surface area contributed by atoms with Gasteiger partial charge in [0.05, 0.1) is 31.8 Å². The van der Waals surface area contributed by atoms with Crippen LogP contribution in [0, 0.1) is 5.92 Å². The number of methoxy groups -OCH3 is 1. The minimum Gasteiger partial charge on any atom is -0.453 e. The fourth-order valence-electron chi connectivity index (χ4n) is 7.87. The molecule has 9 atom stereocenters.